The molecule has 156 valence electrons. The zero-order valence-corrected chi connectivity index (χ0v) is 16.6. The molecular weight excluding hydrogens is 399 g/mol. The van der Waals surface area contributed by atoms with Gasteiger partial charge in [0.05, 0.1) is 13.7 Å². The maximum atomic E-state index is 13.2. The summed E-state index contributed by atoms with van der Waals surface area (Å²) in [5.74, 6) is 1.94. The van der Waals surface area contributed by atoms with Gasteiger partial charge in [-0.05, 0) is 54.6 Å². The molecule has 31 heavy (non-hydrogen) atoms. The molecule has 0 saturated carbocycles. The number of ether oxygens (including phenoxy) is 1. The Balaban J connectivity index is 1.57. The van der Waals surface area contributed by atoms with Crippen LogP contribution in [-0.2, 0) is 6.54 Å². The molecule has 0 fully saturated rings. The van der Waals surface area contributed by atoms with E-state index in [1.807, 2.05) is 24.3 Å². The molecule has 0 aliphatic carbocycles. The van der Waals surface area contributed by atoms with Crippen LogP contribution in [0.3, 0.4) is 0 Å². The topological polar surface area (TPSA) is 110 Å². The van der Waals surface area contributed by atoms with Gasteiger partial charge in [0.1, 0.15) is 17.4 Å². The fourth-order valence-corrected chi connectivity index (χ4v) is 2.61. The quantitative estimate of drug-likeness (QED) is 0.392. The predicted octanol–water partition coefficient (Wildman–Crippen LogP) is 3.91. The number of halogens is 1. The molecule has 0 saturated heterocycles. The molecule has 2 aromatic carbocycles. The lowest BCUT2D eigenvalue weighted by Gasteiger charge is -2.11. The van der Waals surface area contributed by atoms with Gasteiger partial charge < -0.3 is 20.7 Å². The minimum absolute atomic E-state index is 0.286. The van der Waals surface area contributed by atoms with E-state index in [0.29, 0.717) is 30.0 Å². The second-order valence-electron chi connectivity index (χ2n) is 6.31. The first-order valence-corrected chi connectivity index (χ1v) is 9.37. The Morgan fingerprint density at radius 3 is 1.90 bits per heavy atom. The van der Waals surface area contributed by atoms with Gasteiger partial charge in [-0.25, -0.2) is 14.4 Å². The molecule has 4 aromatic rings. The van der Waals surface area contributed by atoms with Crippen LogP contribution in [0.1, 0.15) is 5.82 Å². The lowest BCUT2D eigenvalue weighted by molar-refractivity contribution is 0.415. The standard InChI is InChI=1S/C21H19FN8O/c1-31-17-9-7-16(8-10-17)27-21-29-19(25-13-18-23-11-2-12-24-18)28-20(30-21)26-15-5-3-14(22)4-6-15/h2-12H,13H2,1H3,(H3,25,26,27,28,29,30). The highest BCUT2D eigenvalue weighted by Gasteiger charge is 2.09. The average Bonchev–Trinajstić information content (AvgIpc) is 2.80. The Labute approximate surface area is 177 Å². The molecule has 0 atom stereocenters. The number of benzene rings is 2. The van der Waals surface area contributed by atoms with Crippen LogP contribution in [0.5, 0.6) is 5.75 Å². The summed E-state index contributed by atoms with van der Waals surface area (Å²) in [7, 11) is 1.61. The maximum Gasteiger partial charge on any atom is 0.233 e. The van der Waals surface area contributed by atoms with Crippen molar-refractivity contribution in [1.82, 2.24) is 24.9 Å². The number of methoxy groups -OCH3 is 1. The van der Waals surface area contributed by atoms with Crippen molar-refractivity contribution >= 4 is 29.2 Å². The predicted molar refractivity (Wildman–Crippen MR) is 115 cm³/mol. The first-order valence-electron chi connectivity index (χ1n) is 9.37. The van der Waals surface area contributed by atoms with E-state index in [2.05, 4.69) is 40.9 Å². The Morgan fingerprint density at radius 2 is 1.32 bits per heavy atom. The minimum atomic E-state index is -0.326. The number of anilines is 5. The fourth-order valence-electron chi connectivity index (χ4n) is 2.61. The van der Waals surface area contributed by atoms with E-state index in [1.54, 1.807) is 37.7 Å². The van der Waals surface area contributed by atoms with Crippen LogP contribution in [0.4, 0.5) is 33.6 Å². The largest absolute Gasteiger partial charge is 0.497 e. The highest BCUT2D eigenvalue weighted by Crippen LogP contribution is 2.21. The smallest absolute Gasteiger partial charge is 0.233 e. The van der Waals surface area contributed by atoms with Crippen LogP contribution in [0, 0.1) is 5.82 Å². The lowest BCUT2D eigenvalue weighted by atomic mass is 10.3. The molecule has 0 unspecified atom stereocenters. The van der Waals surface area contributed by atoms with Crippen molar-refractivity contribution < 1.29 is 9.13 Å². The van der Waals surface area contributed by atoms with Gasteiger partial charge in [0.25, 0.3) is 0 Å². The van der Waals surface area contributed by atoms with Gasteiger partial charge in [0.15, 0.2) is 0 Å². The summed E-state index contributed by atoms with van der Waals surface area (Å²) in [5, 5.41) is 9.29. The Hall–Kier alpha value is -4.34. The van der Waals surface area contributed by atoms with E-state index in [0.717, 1.165) is 11.4 Å². The van der Waals surface area contributed by atoms with Crippen molar-refractivity contribution in [3.05, 3.63) is 78.6 Å². The Morgan fingerprint density at radius 1 is 0.774 bits per heavy atom. The molecule has 0 aliphatic heterocycles. The average molecular weight is 418 g/mol. The monoisotopic (exact) mass is 418 g/mol. The minimum Gasteiger partial charge on any atom is -0.497 e. The van der Waals surface area contributed by atoms with Gasteiger partial charge in [-0.15, -0.1) is 0 Å². The van der Waals surface area contributed by atoms with Crippen molar-refractivity contribution in [2.75, 3.05) is 23.1 Å². The van der Waals surface area contributed by atoms with Crippen LogP contribution in [0.2, 0.25) is 0 Å². The third kappa shape index (κ3) is 5.60. The molecule has 3 N–H and O–H groups in total. The highest BCUT2D eigenvalue weighted by molar-refractivity contribution is 5.59. The van der Waals surface area contributed by atoms with E-state index in [-0.39, 0.29) is 11.8 Å². The summed E-state index contributed by atoms with van der Waals surface area (Å²) < 4.78 is 18.4. The molecule has 0 spiro atoms. The zero-order chi connectivity index (χ0) is 21.5. The van der Waals surface area contributed by atoms with E-state index in [4.69, 9.17) is 4.74 Å². The molecule has 0 bridgehead atoms. The molecule has 4 rings (SSSR count). The third-order valence-corrected chi connectivity index (χ3v) is 4.11. The molecular formula is C21H19FN8O. The molecule has 0 aliphatic rings. The molecule has 9 nitrogen and oxygen atoms in total. The van der Waals surface area contributed by atoms with Crippen LogP contribution in [0.15, 0.2) is 67.0 Å². The Bertz CT molecular complexity index is 1120. The van der Waals surface area contributed by atoms with E-state index in [9.17, 15) is 4.39 Å². The van der Waals surface area contributed by atoms with Crippen LogP contribution >= 0.6 is 0 Å². The Kier molecular flexibility index (Phi) is 6.08. The zero-order valence-electron chi connectivity index (χ0n) is 16.6. The van der Waals surface area contributed by atoms with Gasteiger partial charge >= 0.3 is 0 Å². The SMILES string of the molecule is COc1ccc(Nc2nc(NCc3ncccn3)nc(Nc3ccc(F)cc3)n2)cc1. The van der Waals surface area contributed by atoms with E-state index < -0.39 is 0 Å². The van der Waals surface area contributed by atoms with Crippen LogP contribution in [-0.4, -0.2) is 32.0 Å². The molecule has 0 radical (unpaired) electrons. The number of rotatable bonds is 8. The molecule has 10 heteroatoms. The van der Waals surface area contributed by atoms with Crippen LogP contribution < -0.4 is 20.7 Å². The summed E-state index contributed by atoms with van der Waals surface area (Å²) >= 11 is 0. The number of hydrogen-bond donors (Lipinski definition) is 3. The lowest BCUT2D eigenvalue weighted by Crippen LogP contribution is -2.11. The van der Waals surface area contributed by atoms with E-state index >= 15 is 0 Å². The summed E-state index contributed by atoms with van der Waals surface area (Å²) in [6, 6.07) is 15.0. The maximum absolute atomic E-state index is 13.2. The third-order valence-electron chi connectivity index (χ3n) is 4.11. The number of nitrogens with one attached hydrogen (secondary N) is 3. The van der Waals surface area contributed by atoms with Crippen molar-refractivity contribution in [2.24, 2.45) is 0 Å². The number of nitrogens with zero attached hydrogens (tertiary/aromatic N) is 5. The fraction of sp³-hybridized carbons (Fsp3) is 0.0952. The highest BCUT2D eigenvalue weighted by atomic mass is 19.1. The van der Waals surface area contributed by atoms with Gasteiger partial charge in [-0.2, -0.15) is 15.0 Å². The normalized spacial score (nSPS) is 10.4. The van der Waals surface area contributed by atoms with Crippen molar-refractivity contribution in [3.8, 4) is 5.75 Å². The number of hydrogen-bond acceptors (Lipinski definition) is 9. The van der Waals surface area contributed by atoms with Gasteiger partial charge in [-0.1, -0.05) is 0 Å². The summed E-state index contributed by atoms with van der Waals surface area (Å²) in [6.45, 7) is 0.336. The first-order chi connectivity index (χ1) is 15.2. The summed E-state index contributed by atoms with van der Waals surface area (Å²) in [4.78, 5) is 21.5. The summed E-state index contributed by atoms with van der Waals surface area (Å²) in [6.07, 6.45) is 3.32. The van der Waals surface area contributed by atoms with Gasteiger partial charge in [0.2, 0.25) is 17.8 Å². The van der Waals surface area contributed by atoms with Gasteiger partial charge in [0, 0.05) is 23.8 Å². The van der Waals surface area contributed by atoms with Gasteiger partial charge in [-0.3, -0.25) is 0 Å². The first kappa shape index (κ1) is 20.0. The van der Waals surface area contributed by atoms with Crippen LogP contribution in [0.25, 0.3) is 0 Å². The second-order valence-corrected chi connectivity index (χ2v) is 6.31. The molecule has 2 heterocycles. The van der Waals surface area contributed by atoms with E-state index in [1.165, 1.54) is 12.1 Å². The van der Waals surface area contributed by atoms with Crippen molar-refractivity contribution in [2.45, 2.75) is 6.54 Å². The number of aromatic nitrogens is 5. The summed E-state index contributed by atoms with van der Waals surface area (Å²) in [5.41, 5.74) is 1.41. The molecule has 0 amide bonds. The molecule has 2 aromatic heterocycles. The van der Waals surface area contributed by atoms with Crippen molar-refractivity contribution in [1.29, 1.82) is 0 Å². The second kappa shape index (κ2) is 9.44. The van der Waals surface area contributed by atoms with Crippen molar-refractivity contribution in [3.63, 3.8) is 0 Å².